The Labute approximate surface area is 207 Å². The van der Waals surface area contributed by atoms with Gasteiger partial charge in [0.15, 0.2) is 5.69 Å². The number of nitrogens with one attached hydrogen (secondary N) is 2. The molecular weight excluding hydrogens is 460 g/mol. The molecule has 0 unspecified atom stereocenters. The van der Waals surface area contributed by atoms with Crippen molar-refractivity contribution < 1.29 is 4.79 Å². The lowest BCUT2D eigenvalue weighted by Crippen LogP contribution is -2.43. The lowest BCUT2D eigenvalue weighted by atomic mass is 10.2. The molecule has 0 saturated heterocycles. The van der Waals surface area contributed by atoms with Gasteiger partial charge in [0.1, 0.15) is 18.5 Å². The minimum absolute atomic E-state index is 0.0210. The van der Waals surface area contributed by atoms with Crippen LogP contribution in [0.3, 0.4) is 0 Å². The summed E-state index contributed by atoms with van der Waals surface area (Å²) in [5.41, 5.74) is 7.38. The number of unbranched alkanes of at least 4 members (excludes halogenated alkanes) is 1. The Morgan fingerprint density at radius 3 is 2.53 bits per heavy atom. The van der Waals surface area contributed by atoms with Crippen LogP contribution in [-0.4, -0.2) is 43.3 Å². The average Bonchev–Trinajstić information content (AvgIpc) is 3.43. The van der Waals surface area contributed by atoms with Crippen LogP contribution in [-0.2, 0) is 11.3 Å². The Morgan fingerprint density at radius 2 is 1.86 bits per heavy atom. The van der Waals surface area contributed by atoms with Gasteiger partial charge < -0.3 is 16.0 Å². The number of H-pyrrole nitrogens is 1. The highest BCUT2D eigenvalue weighted by atomic mass is 16.2. The molecule has 2 heterocycles. The molecule has 0 saturated carbocycles. The number of aromatic amines is 1. The molecule has 0 atom stereocenters. The third-order valence-corrected chi connectivity index (χ3v) is 5.70. The van der Waals surface area contributed by atoms with Crippen LogP contribution < -0.4 is 27.2 Å². The van der Waals surface area contributed by atoms with Crippen molar-refractivity contribution in [3.63, 3.8) is 0 Å². The zero-order chi connectivity index (χ0) is 25.5. The first-order valence-electron chi connectivity index (χ1n) is 11.6. The van der Waals surface area contributed by atoms with E-state index in [0.717, 1.165) is 23.4 Å². The van der Waals surface area contributed by atoms with Crippen LogP contribution in [0.2, 0.25) is 0 Å². The predicted octanol–water partition coefficient (Wildman–Crippen LogP) is 1.99. The lowest BCUT2D eigenvalue weighted by Gasteiger charge is -2.25. The van der Waals surface area contributed by atoms with Gasteiger partial charge in [-0.1, -0.05) is 43.7 Å². The van der Waals surface area contributed by atoms with Gasteiger partial charge in [0.25, 0.3) is 5.56 Å². The summed E-state index contributed by atoms with van der Waals surface area (Å²) >= 11 is 0. The summed E-state index contributed by atoms with van der Waals surface area (Å²) in [5.74, 6) is -0.389. The number of nitrogens with zero attached hydrogens (tertiary/aromatic N) is 5. The third kappa shape index (κ3) is 5.52. The molecule has 11 nitrogen and oxygen atoms in total. The van der Waals surface area contributed by atoms with E-state index in [-0.39, 0.29) is 30.5 Å². The monoisotopic (exact) mass is 488 g/mol. The minimum atomic E-state index is -0.691. The molecule has 4 rings (SSSR count). The summed E-state index contributed by atoms with van der Waals surface area (Å²) in [6.07, 6.45) is 4.51. The normalized spacial score (nSPS) is 10.8. The van der Waals surface area contributed by atoms with E-state index in [1.807, 2.05) is 61.5 Å². The zero-order valence-corrected chi connectivity index (χ0v) is 19.9. The average molecular weight is 489 g/mol. The van der Waals surface area contributed by atoms with E-state index in [1.54, 1.807) is 11.0 Å². The minimum Gasteiger partial charge on any atom is -0.383 e. The Kier molecular flexibility index (Phi) is 7.59. The number of aromatic nitrogens is 5. The van der Waals surface area contributed by atoms with Crippen LogP contribution >= 0.6 is 0 Å². The number of hydrogen-bond acceptors (Lipinski definition) is 7. The maximum absolute atomic E-state index is 13.3. The molecule has 2 aromatic carbocycles. The Bertz CT molecular complexity index is 1410. The second-order valence-electron chi connectivity index (χ2n) is 8.20. The van der Waals surface area contributed by atoms with Gasteiger partial charge in [-0.05, 0) is 36.2 Å². The topological polar surface area (TPSA) is 144 Å². The van der Waals surface area contributed by atoms with Crippen molar-refractivity contribution in [2.75, 3.05) is 29.0 Å². The highest BCUT2D eigenvalue weighted by Crippen LogP contribution is 2.19. The first-order chi connectivity index (χ1) is 17.5. The van der Waals surface area contributed by atoms with Crippen molar-refractivity contribution in [3.8, 4) is 5.69 Å². The van der Waals surface area contributed by atoms with E-state index in [2.05, 4.69) is 20.4 Å². The molecule has 1 amide bonds. The number of anilines is 3. The number of amides is 1. The summed E-state index contributed by atoms with van der Waals surface area (Å²) < 4.78 is 2.90. The van der Waals surface area contributed by atoms with Crippen LogP contribution in [0.5, 0.6) is 0 Å². The molecule has 11 heteroatoms. The van der Waals surface area contributed by atoms with Gasteiger partial charge in [-0.15, -0.1) is 0 Å². The van der Waals surface area contributed by atoms with Gasteiger partial charge >= 0.3 is 5.69 Å². The number of hydrogen-bond donors (Lipinski definition) is 3. The fourth-order valence-corrected chi connectivity index (χ4v) is 3.79. The molecule has 0 bridgehead atoms. The fraction of sp³-hybridized carbons (Fsp3) is 0.240. The Hall–Kier alpha value is -4.67. The van der Waals surface area contributed by atoms with Crippen LogP contribution in [0.4, 0.5) is 17.2 Å². The molecule has 4 aromatic rings. The van der Waals surface area contributed by atoms with E-state index in [9.17, 15) is 14.4 Å². The maximum Gasteiger partial charge on any atom is 0.330 e. The first kappa shape index (κ1) is 24.5. The number of nitrogens with two attached hydrogens (primary N) is 1. The van der Waals surface area contributed by atoms with Crippen molar-refractivity contribution in [2.24, 2.45) is 0 Å². The zero-order valence-electron chi connectivity index (χ0n) is 19.9. The number of carbonyl (C=O) groups excluding carboxylic acids is 1. The molecule has 0 spiro atoms. The summed E-state index contributed by atoms with van der Waals surface area (Å²) in [6, 6.07) is 16.6. The molecule has 0 radical (unpaired) electrons. The smallest absolute Gasteiger partial charge is 0.330 e. The lowest BCUT2D eigenvalue weighted by molar-refractivity contribution is -0.117. The van der Waals surface area contributed by atoms with E-state index in [1.165, 1.54) is 15.8 Å². The van der Waals surface area contributed by atoms with Gasteiger partial charge in [0, 0.05) is 12.2 Å². The molecule has 36 heavy (non-hydrogen) atoms. The molecule has 0 aliphatic rings. The maximum atomic E-state index is 13.3. The van der Waals surface area contributed by atoms with Gasteiger partial charge in [0.2, 0.25) is 5.91 Å². The van der Waals surface area contributed by atoms with Gasteiger partial charge in [-0.3, -0.25) is 19.1 Å². The predicted molar refractivity (Wildman–Crippen MR) is 138 cm³/mol. The fourth-order valence-electron chi connectivity index (χ4n) is 3.79. The molecule has 4 N–H and O–H groups in total. The number of benzene rings is 2. The van der Waals surface area contributed by atoms with Gasteiger partial charge in [0.05, 0.1) is 18.8 Å². The molecule has 0 aliphatic heterocycles. The second kappa shape index (κ2) is 11.2. The summed E-state index contributed by atoms with van der Waals surface area (Å²) in [7, 11) is 0. The molecule has 0 fully saturated rings. The van der Waals surface area contributed by atoms with Crippen LogP contribution in [0.15, 0.2) is 76.8 Å². The van der Waals surface area contributed by atoms with Crippen molar-refractivity contribution >= 4 is 23.1 Å². The first-order valence-corrected chi connectivity index (χ1v) is 11.6. The summed E-state index contributed by atoms with van der Waals surface area (Å²) in [4.78, 5) is 46.3. The number of rotatable bonds is 10. The standard InChI is InChI=1S/C25H28N8O3/c1-2-3-13-31(21(34)14-28-19-9-11-20(12-10-19)33-17-27-16-29-33)22-23(26)32(25(36)30-24(22)35)15-18-7-5-4-6-8-18/h4-12,16-17,28H,2-3,13-15,26H2,1H3,(H,30,35,36). The molecule has 2 aromatic heterocycles. The van der Waals surface area contributed by atoms with Crippen LogP contribution in [0.25, 0.3) is 5.69 Å². The highest BCUT2D eigenvalue weighted by molar-refractivity contribution is 5.98. The van der Waals surface area contributed by atoms with Crippen molar-refractivity contribution in [3.05, 3.63) is 93.7 Å². The summed E-state index contributed by atoms with van der Waals surface area (Å²) in [6.45, 7) is 2.38. The summed E-state index contributed by atoms with van der Waals surface area (Å²) in [5, 5.41) is 7.18. The number of nitrogen functional groups attached to an aromatic ring is 1. The van der Waals surface area contributed by atoms with Gasteiger partial charge in [-0.2, -0.15) is 5.10 Å². The van der Waals surface area contributed by atoms with Crippen molar-refractivity contribution in [1.82, 2.24) is 24.3 Å². The van der Waals surface area contributed by atoms with Gasteiger partial charge in [-0.25, -0.2) is 14.5 Å². The van der Waals surface area contributed by atoms with E-state index < -0.39 is 11.2 Å². The molecule has 186 valence electrons. The van der Waals surface area contributed by atoms with E-state index >= 15 is 0 Å². The Balaban J connectivity index is 1.57. The third-order valence-electron chi connectivity index (χ3n) is 5.70. The molecular formula is C25H28N8O3. The highest BCUT2D eigenvalue weighted by Gasteiger charge is 2.24. The Morgan fingerprint density at radius 1 is 1.11 bits per heavy atom. The quantitative estimate of drug-likeness (QED) is 0.310. The van der Waals surface area contributed by atoms with Crippen LogP contribution in [0.1, 0.15) is 25.3 Å². The van der Waals surface area contributed by atoms with Crippen molar-refractivity contribution in [2.45, 2.75) is 26.3 Å². The molecule has 0 aliphatic carbocycles. The van der Waals surface area contributed by atoms with E-state index in [4.69, 9.17) is 5.73 Å². The SMILES string of the molecule is CCCCN(C(=O)CNc1ccc(-n2cncn2)cc1)c1c(N)n(Cc2ccccc2)c(=O)[nH]c1=O. The van der Waals surface area contributed by atoms with E-state index in [0.29, 0.717) is 13.0 Å². The van der Waals surface area contributed by atoms with Crippen molar-refractivity contribution in [1.29, 1.82) is 0 Å². The number of carbonyl (C=O) groups is 1. The second-order valence-corrected chi connectivity index (χ2v) is 8.20. The van der Waals surface area contributed by atoms with Crippen LogP contribution in [0, 0.1) is 0 Å². The largest absolute Gasteiger partial charge is 0.383 e.